The van der Waals surface area contributed by atoms with Gasteiger partial charge in [0.1, 0.15) is 0 Å². The van der Waals surface area contributed by atoms with Crippen LogP contribution >= 0.6 is 0 Å². The van der Waals surface area contributed by atoms with E-state index >= 15 is 0 Å². The van der Waals surface area contributed by atoms with Gasteiger partial charge in [0.05, 0.1) is 0 Å². The van der Waals surface area contributed by atoms with Gasteiger partial charge in [-0.05, 0) is 12.8 Å². The molecule has 0 aliphatic carbocycles. The van der Waals surface area contributed by atoms with Crippen LogP contribution in [0.5, 0.6) is 0 Å². The van der Waals surface area contributed by atoms with Gasteiger partial charge in [0, 0.05) is 19.3 Å². The van der Waals surface area contributed by atoms with E-state index in [0.29, 0.717) is 0 Å². The first-order valence-electron chi connectivity index (χ1n) is 4.92. The van der Waals surface area contributed by atoms with Crippen molar-refractivity contribution in [3.8, 4) is 24.2 Å². The van der Waals surface area contributed by atoms with Crippen LogP contribution in [-0.4, -0.2) is 0 Å². The maximum Gasteiger partial charge on any atom is 0.0267 e. The Bertz CT molecular complexity index is 206. The lowest BCUT2D eigenvalue weighted by Crippen LogP contribution is -1.76. The van der Waals surface area contributed by atoms with Gasteiger partial charge in [-0.3, -0.25) is 0 Å². The van der Waals surface area contributed by atoms with Crippen LogP contribution in [-0.2, 0) is 0 Å². The smallest absolute Gasteiger partial charge is 0.0267 e. The molecule has 0 N–H and O–H groups in total. The highest BCUT2D eigenvalue weighted by Crippen LogP contribution is 2.03. The number of unbranched alkanes of at least 4 members (excludes halogenated alkanes) is 5. The quantitative estimate of drug-likeness (QED) is 0.328. The van der Waals surface area contributed by atoms with Gasteiger partial charge in [-0.25, -0.2) is 0 Å². The summed E-state index contributed by atoms with van der Waals surface area (Å²) >= 11 is 0. The van der Waals surface area contributed by atoms with Crippen molar-refractivity contribution in [1.82, 2.24) is 0 Å². The molecule has 0 amide bonds. The minimum atomic E-state index is 0.817. The fourth-order valence-corrected chi connectivity index (χ4v) is 1.03. The Morgan fingerprint density at radius 3 is 2.31 bits per heavy atom. The summed E-state index contributed by atoms with van der Waals surface area (Å²) in [6.45, 7) is 3.61. The average Bonchev–Trinajstić information content (AvgIpc) is 2.16. The summed E-state index contributed by atoms with van der Waals surface area (Å²) in [4.78, 5) is 0. The SMILES string of the molecule is C#CCCCCCCC#CCC=C. The Morgan fingerprint density at radius 1 is 1.00 bits per heavy atom. The third-order valence-corrected chi connectivity index (χ3v) is 1.74. The lowest BCUT2D eigenvalue weighted by atomic mass is 10.1. The molecule has 0 aliphatic rings. The highest BCUT2D eigenvalue weighted by molar-refractivity contribution is 5.02. The van der Waals surface area contributed by atoms with Crippen LogP contribution in [0.15, 0.2) is 12.7 Å². The van der Waals surface area contributed by atoms with Crippen LogP contribution in [0.2, 0.25) is 0 Å². The zero-order valence-electron chi connectivity index (χ0n) is 8.31. The maximum absolute atomic E-state index is 5.14. The van der Waals surface area contributed by atoms with Crippen molar-refractivity contribution in [3.63, 3.8) is 0 Å². The number of terminal acetylenes is 1. The summed E-state index contributed by atoms with van der Waals surface area (Å²) in [7, 11) is 0. The van der Waals surface area contributed by atoms with Crippen molar-refractivity contribution in [2.45, 2.75) is 44.9 Å². The van der Waals surface area contributed by atoms with Crippen molar-refractivity contribution < 1.29 is 0 Å². The van der Waals surface area contributed by atoms with Crippen molar-refractivity contribution >= 4 is 0 Å². The number of hydrogen-bond donors (Lipinski definition) is 0. The molecular weight excluding hydrogens is 156 g/mol. The van der Waals surface area contributed by atoms with Crippen LogP contribution in [0.3, 0.4) is 0 Å². The summed E-state index contributed by atoms with van der Waals surface area (Å²) < 4.78 is 0. The second kappa shape index (κ2) is 10.9. The van der Waals surface area contributed by atoms with Crippen LogP contribution in [0, 0.1) is 24.2 Å². The monoisotopic (exact) mass is 174 g/mol. The van der Waals surface area contributed by atoms with Gasteiger partial charge in [0.25, 0.3) is 0 Å². The van der Waals surface area contributed by atoms with Gasteiger partial charge < -0.3 is 0 Å². The molecular formula is C13H18. The molecule has 0 spiro atoms. The topological polar surface area (TPSA) is 0 Å². The normalized spacial score (nSPS) is 8.23. The Kier molecular flexibility index (Phi) is 9.91. The third kappa shape index (κ3) is 10.9. The van der Waals surface area contributed by atoms with Crippen molar-refractivity contribution in [1.29, 1.82) is 0 Å². The van der Waals surface area contributed by atoms with E-state index in [0.717, 1.165) is 25.7 Å². The molecule has 0 heteroatoms. The summed E-state index contributed by atoms with van der Waals surface area (Å²) in [5.41, 5.74) is 0. The molecule has 0 fully saturated rings. The first kappa shape index (κ1) is 11.9. The Hall–Kier alpha value is -1.14. The standard InChI is InChI=1S/C13H18/c1-3-5-7-9-11-13-12-10-8-6-4-2/h1,4H,2,5-7,9,11-13H2. The molecule has 0 nitrogen and oxygen atoms in total. The fraction of sp³-hybridized carbons (Fsp3) is 0.538. The predicted molar refractivity (Wildman–Crippen MR) is 59.1 cm³/mol. The van der Waals surface area contributed by atoms with Gasteiger partial charge in [-0.2, -0.15) is 0 Å². The highest BCUT2D eigenvalue weighted by Gasteiger charge is 1.86. The second-order valence-corrected chi connectivity index (χ2v) is 2.96. The van der Waals surface area contributed by atoms with Gasteiger partial charge in [0.15, 0.2) is 0 Å². The summed E-state index contributed by atoms with van der Waals surface area (Å²) in [6.07, 6.45) is 14.6. The molecule has 70 valence electrons. The van der Waals surface area contributed by atoms with Gasteiger partial charge in [-0.1, -0.05) is 24.8 Å². The summed E-state index contributed by atoms with van der Waals surface area (Å²) in [6, 6.07) is 0. The molecule has 0 aromatic carbocycles. The van der Waals surface area contributed by atoms with E-state index < -0.39 is 0 Å². The molecule has 0 unspecified atom stereocenters. The van der Waals surface area contributed by atoms with E-state index in [1.54, 1.807) is 0 Å². The number of hydrogen-bond acceptors (Lipinski definition) is 0. The van der Waals surface area contributed by atoms with E-state index in [2.05, 4.69) is 24.3 Å². The van der Waals surface area contributed by atoms with Gasteiger partial charge >= 0.3 is 0 Å². The number of rotatable bonds is 6. The molecule has 0 aromatic heterocycles. The van der Waals surface area contributed by atoms with Crippen molar-refractivity contribution in [2.24, 2.45) is 0 Å². The lowest BCUT2D eigenvalue weighted by molar-refractivity contribution is 0.661. The molecule has 0 aliphatic heterocycles. The molecule has 0 bridgehead atoms. The van der Waals surface area contributed by atoms with Gasteiger partial charge in [-0.15, -0.1) is 24.8 Å². The van der Waals surface area contributed by atoms with Gasteiger partial charge in [0.2, 0.25) is 0 Å². The molecule has 0 heterocycles. The maximum atomic E-state index is 5.14. The Morgan fingerprint density at radius 2 is 1.69 bits per heavy atom. The lowest BCUT2D eigenvalue weighted by Gasteiger charge is -1.94. The fourth-order valence-electron chi connectivity index (χ4n) is 1.03. The molecule has 0 aromatic rings. The molecule has 0 rings (SSSR count). The van der Waals surface area contributed by atoms with E-state index in [4.69, 9.17) is 6.42 Å². The van der Waals surface area contributed by atoms with Crippen molar-refractivity contribution in [3.05, 3.63) is 12.7 Å². The summed E-state index contributed by atoms with van der Waals surface area (Å²) in [5.74, 6) is 8.80. The minimum Gasteiger partial charge on any atom is -0.120 e. The zero-order valence-corrected chi connectivity index (χ0v) is 8.31. The van der Waals surface area contributed by atoms with E-state index in [1.165, 1.54) is 19.3 Å². The van der Waals surface area contributed by atoms with Crippen LogP contribution < -0.4 is 0 Å². The Labute approximate surface area is 82.4 Å². The highest BCUT2D eigenvalue weighted by atomic mass is 13.9. The second-order valence-electron chi connectivity index (χ2n) is 2.96. The van der Waals surface area contributed by atoms with E-state index in [-0.39, 0.29) is 0 Å². The van der Waals surface area contributed by atoms with E-state index in [1.807, 2.05) is 6.08 Å². The minimum absolute atomic E-state index is 0.817. The van der Waals surface area contributed by atoms with Crippen LogP contribution in [0.25, 0.3) is 0 Å². The third-order valence-electron chi connectivity index (χ3n) is 1.74. The van der Waals surface area contributed by atoms with E-state index in [9.17, 15) is 0 Å². The van der Waals surface area contributed by atoms with Crippen molar-refractivity contribution in [2.75, 3.05) is 0 Å². The first-order valence-corrected chi connectivity index (χ1v) is 4.92. The molecule has 0 radical (unpaired) electrons. The molecule has 13 heavy (non-hydrogen) atoms. The van der Waals surface area contributed by atoms with Crippen LogP contribution in [0.4, 0.5) is 0 Å². The largest absolute Gasteiger partial charge is 0.120 e. The summed E-state index contributed by atoms with van der Waals surface area (Å²) in [5, 5.41) is 0. The molecule has 0 saturated heterocycles. The average molecular weight is 174 g/mol. The zero-order chi connectivity index (χ0) is 9.78. The number of allylic oxidation sites excluding steroid dienone is 1. The molecule has 0 atom stereocenters. The first-order chi connectivity index (χ1) is 6.41. The predicted octanol–water partition coefficient (Wildman–Crippen LogP) is 3.54. The Balaban J connectivity index is 3.05. The van der Waals surface area contributed by atoms with Crippen LogP contribution in [0.1, 0.15) is 44.9 Å². The molecule has 0 saturated carbocycles.